The van der Waals surface area contributed by atoms with E-state index in [2.05, 4.69) is 15.2 Å². The average Bonchev–Trinajstić information content (AvgIpc) is 2.58. The van der Waals surface area contributed by atoms with E-state index in [0.717, 1.165) is 0 Å². The molecule has 88 valence electrons. The molecule has 0 radical (unpaired) electrons. The van der Waals surface area contributed by atoms with E-state index in [0.29, 0.717) is 31.0 Å². The van der Waals surface area contributed by atoms with Crippen molar-refractivity contribution in [3.05, 3.63) is 21.9 Å². The van der Waals surface area contributed by atoms with Crippen molar-refractivity contribution < 1.29 is 5.11 Å². The van der Waals surface area contributed by atoms with E-state index in [1.165, 1.54) is 0 Å². The molecule has 0 spiro atoms. The maximum Gasteiger partial charge on any atom is 0.272 e. The first kappa shape index (κ1) is 11.2. The normalized spacial score (nSPS) is 26.2. The van der Waals surface area contributed by atoms with Crippen molar-refractivity contribution in [2.45, 2.75) is 25.4 Å². The van der Waals surface area contributed by atoms with Gasteiger partial charge in [0.2, 0.25) is 0 Å². The van der Waals surface area contributed by atoms with Crippen LogP contribution in [0.2, 0.25) is 0 Å². The van der Waals surface area contributed by atoms with Gasteiger partial charge in [0.1, 0.15) is 11.5 Å². The Morgan fingerprint density at radius 1 is 1.50 bits per heavy atom. The number of H-pyrrole nitrogens is 1. The van der Waals surface area contributed by atoms with E-state index >= 15 is 0 Å². The smallest absolute Gasteiger partial charge is 0.272 e. The van der Waals surface area contributed by atoms with E-state index in [9.17, 15) is 9.90 Å². The fourth-order valence-corrected chi connectivity index (χ4v) is 2.02. The van der Waals surface area contributed by atoms with Crippen LogP contribution in [0.25, 0.3) is 0 Å². The molecular weight excluding hydrogens is 208 g/mol. The Kier molecular flexibility index (Phi) is 3.02. The van der Waals surface area contributed by atoms with Gasteiger partial charge in [0.25, 0.3) is 5.56 Å². The molecule has 6 nitrogen and oxygen atoms in total. The number of aromatic amines is 1. The quantitative estimate of drug-likeness (QED) is 0.681. The van der Waals surface area contributed by atoms with Crippen molar-refractivity contribution in [3.8, 4) is 0 Å². The molecule has 2 unspecified atom stereocenters. The lowest BCUT2D eigenvalue weighted by Gasteiger charge is -2.11. The molecule has 1 aliphatic heterocycles. The summed E-state index contributed by atoms with van der Waals surface area (Å²) < 4.78 is 0. The Bertz CT molecular complexity index is 431. The van der Waals surface area contributed by atoms with Crippen molar-refractivity contribution in [1.82, 2.24) is 20.1 Å². The Labute approximate surface area is 93.3 Å². The largest absolute Gasteiger partial charge is 0.391 e. The minimum atomic E-state index is -0.484. The van der Waals surface area contributed by atoms with Gasteiger partial charge in [0.05, 0.1) is 12.0 Å². The molecule has 0 aromatic carbocycles. The molecular formula is C10H16N4O2. The molecule has 1 aliphatic rings. The summed E-state index contributed by atoms with van der Waals surface area (Å²) in [7, 11) is 1.93. The number of likely N-dealkylation sites (N-methyl/N-ethyl adjacent to an activating group) is 1. The molecule has 1 aromatic rings. The third-order valence-electron chi connectivity index (χ3n) is 2.94. The number of β-amino-alcohol motifs (C(OH)–C–C–N with tert-alkyl or cyclic N) is 1. The second-order valence-electron chi connectivity index (χ2n) is 4.23. The minimum Gasteiger partial charge on any atom is -0.391 e. The number of aliphatic hydroxyl groups excluding tert-OH is 1. The number of rotatable bonds is 2. The summed E-state index contributed by atoms with van der Waals surface area (Å²) in [6.07, 6.45) is 0.0814. The molecule has 0 amide bonds. The maximum absolute atomic E-state index is 11.6. The summed E-state index contributed by atoms with van der Waals surface area (Å²) >= 11 is 0. The predicted molar refractivity (Wildman–Crippen MR) is 58.3 cm³/mol. The summed E-state index contributed by atoms with van der Waals surface area (Å²) in [5, 5.41) is 17.7. The fourth-order valence-electron chi connectivity index (χ4n) is 2.02. The lowest BCUT2D eigenvalue weighted by molar-refractivity contribution is 0.165. The molecule has 2 heterocycles. The highest BCUT2D eigenvalue weighted by Crippen LogP contribution is 2.22. The molecule has 0 bridgehead atoms. The molecule has 2 atom stereocenters. The topological polar surface area (TPSA) is 82.1 Å². The fraction of sp³-hybridized carbons (Fsp3) is 0.700. The van der Waals surface area contributed by atoms with E-state index < -0.39 is 6.10 Å². The number of hydrogen-bond donors (Lipinski definition) is 2. The van der Waals surface area contributed by atoms with Crippen LogP contribution in [-0.2, 0) is 6.42 Å². The van der Waals surface area contributed by atoms with Crippen LogP contribution in [0.15, 0.2) is 4.79 Å². The maximum atomic E-state index is 11.6. The Morgan fingerprint density at radius 3 is 2.75 bits per heavy atom. The summed E-state index contributed by atoms with van der Waals surface area (Å²) in [5.74, 6) is 0.343. The number of likely N-dealkylation sites (tertiary alicyclic amines) is 1. The lowest BCUT2D eigenvalue weighted by Crippen LogP contribution is -2.25. The molecule has 0 aliphatic carbocycles. The number of nitrogens with one attached hydrogen (secondary N) is 1. The van der Waals surface area contributed by atoms with Crippen molar-refractivity contribution >= 4 is 0 Å². The summed E-state index contributed by atoms with van der Waals surface area (Å²) in [4.78, 5) is 16.3. The van der Waals surface area contributed by atoms with Gasteiger partial charge in [-0.1, -0.05) is 6.92 Å². The Balaban J connectivity index is 2.28. The molecule has 2 rings (SSSR count). The van der Waals surface area contributed by atoms with Gasteiger partial charge in [-0.05, 0) is 13.5 Å². The predicted octanol–water partition coefficient (Wildman–Crippen LogP) is -0.883. The first-order valence-corrected chi connectivity index (χ1v) is 5.44. The van der Waals surface area contributed by atoms with Gasteiger partial charge in [0.15, 0.2) is 0 Å². The number of hydrogen-bond acceptors (Lipinski definition) is 5. The molecule has 2 N–H and O–H groups in total. The van der Waals surface area contributed by atoms with Crippen LogP contribution in [0.5, 0.6) is 0 Å². The average molecular weight is 224 g/mol. The van der Waals surface area contributed by atoms with Crippen molar-refractivity contribution in [1.29, 1.82) is 0 Å². The molecule has 6 heteroatoms. The van der Waals surface area contributed by atoms with Crippen LogP contribution < -0.4 is 5.56 Å². The Hall–Kier alpha value is -1.27. The van der Waals surface area contributed by atoms with Crippen LogP contribution in [0.1, 0.15) is 24.4 Å². The van der Waals surface area contributed by atoms with Crippen LogP contribution >= 0.6 is 0 Å². The highest BCUT2D eigenvalue weighted by molar-refractivity contribution is 5.05. The summed E-state index contributed by atoms with van der Waals surface area (Å²) in [6, 6.07) is 0. The number of nitrogens with zero attached hydrogens (tertiary/aromatic N) is 3. The molecule has 0 saturated carbocycles. The summed E-state index contributed by atoms with van der Waals surface area (Å²) in [6.45, 7) is 3.15. The second kappa shape index (κ2) is 4.31. The monoisotopic (exact) mass is 224 g/mol. The van der Waals surface area contributed by atoms with Crippen LogP contribution in [0, 0.1) is 0 Å². The van der Waals surface area contributed by atoms with Crippen molar-refractivity contribution in [2.75, 3.05) is 20.1 Å². The first-order chi connectivity index (χ1) is 7.61. The SMILES string of the molecule is CCc1nnc(C2CN(C)CC2O)[nH]c1=O. The van der Waals surface area contributed by atoms with E-state index in [4.69, 9.17) is 0 Å². The van der Waals surface area contributed by atoms with Gasteiger partial charge in [-0.15, -0.1) is 10.2 Å². The van der Waals surface area contributed by atoms with Crippen LogP contribution in [-0.4, -0.2) is 51.4 Å². The minimum absolute atomic E-state index is 0.142. The van der Waals surface area contributed by atoms with E-state index in [1.807, 2.05) is 18.9 Å². The Morgan fingerprint density at radius 2 is 2.25 bits per heavy atom. The number of aromatic nitrogens is 3. The highest BCUT2D eigenvalue weighted by Gasteiger charge is 2.32. The van der Waals surface area contributed by atoms with Crippen LogP contribution in [0.3, 0.4) is 0 Å². The van der Waals surface area contributed by atoms with Crippen molar-refractivity contribution in [2.24, 2.45) is 0 Å². The molecule has 1 aromatic heterocycles. The first-order valence-electron chi connectivity index (χ1n) is 5.44. The van der Waals surface area contributed by atoms with Gasteiger partial charge in [-0.3, -0.25) is 4.79 Å². The van der Waals surface area contributed by atoms with E-state index in [-0.39, 0.29) is 11.5 Å². The molecule has 1 fully saturated rings. The van der Waals surface area contributed by atoms with Crippen molar-refractivity contribution in [3.63, 3.8) is 0 Å². The van der Waals surface area contributed by atoms with Gasteiger partial charge < -0.3 is 15.0 Å². The molecule has 1 saturated heterocycles. The third-order valence-corrected chi connectivity index (χ3v) is 2.94. The van der Waals surface area contributed by atoms with E-state index in [1.54, 1.807) is 0 Å². The standard InChI is InChI=1S/C10H16N4O2/c1-3-7-10(16)11-9(13-12-7)6-4-14(2)5-8(6)15/h6,8,15H,3-5H2,1-2H3,(H,11,13,16). The zero-order valence-electron chi connectivity index (χ0n) is 9.47. The zero-order valence-corrected chi connectivity index (χ0v) is 9.47. The van der Waals surface area contributed by atoms with Gasteiger partial charge in [-0.25, -0.2) is 0 Å². The third kappa shape index (κ3) is 1.98. The van der Waals surface area contributed by atoms with Crippen LogP contribution in [0.4, 0.5) is 0 Å². The second-order valence-corrected chi connectivity index (χ2v) is 4.23. The number of aliphatic hydroxyl groups is 1. The zero-order chi connectivity index (χ0) is 11.7. The summed E-state index contributed by atoms with van der Waals surface area (Å²) in [5.41, 5.74) is 0.235. The van der Waals surface area contributed by atoms with Gasteiger partial charge in [0, 0.05) is 13.1 Å². The lowest BCUT2D eigenvalue weighted by atomic mass is 10.1. The van der Waals surface area contributed by atoms with Gasteiger partial charge >= 0.3 is 0 Å². The highest BCUT2D eigenvalue weighted by atomic mass is 16.3. The molecule has 16 heavy (non-hydrogen) atoms. The number of aryl methyl sites for hydroxylation is 1. The van der Waals surface area contributed by atoms with Gasteiger partial charge in [-0.2, -0.15) is 0 Å².